The molecule has 4 rings (SSSR count). The molecule has 0 saturated heterocycles. The molecule has 20 heavy (non-hydrogen) atoms. The monoisotopic (exact) mass is 287 g/mol. The number of benzene rings is 1. The first-order chi connectivity index (χ1) is 9.72. The van der Waals surface area contributed by atoms with E-state index >= 15 is 0 Å². The van der Waals surface area contributed by atoms with Crippen molar-refractivity contribution in [1.29, 1.82) is 0 Å². The number of Topliss-reactive ketones (excluding diaryl/α,β-unsaturated/α-hetero) is 1. The maximum absolute atomic E-state index is 11.5. The highest BCUT2D eigenvalue weighted by atomic mass is 32.2. The molecule has 2 heterocycles. The Morgan fingerprint density at radius 3 is 2.95 bits per heavy atom. The molecule has 2 aliphatic rings. The summed E-state index contributed by atoms with van der Waals surface area (Å²) in [6.07, 6.45) is 2.21. The molecule has 2 aromatic rings. The average molecular weight is 287 g/mol. The Morgan fingerprint density at radius 1 is 1.30 bits per heavy atom. The van der Waals surface area contributed by atoms with Gasteiger partial charge in [-0.15, -0.1) is 5.10 Å². The van der Waals surface area contributed by atoms with E-state index in [1.54, 1.807) is 18.2 Å². The molecule has 7 nitrogen and oxygen atoms in total. The van der Waals surface area contributed by atoms with Crippen LogP contribution in [0.1, 0.15) is 29.2 Å². The minimum Gasteiger partial charge on any atom is -0.318 e. The molecule has 0 spiro atoms. The Kier molecular flexibility index (Phi) is 2.40. The van der Waals surface area contributed by atoms with Crippen molar-refractivity contribution in [3.8, 4) is 0 Å². The van der Waals surface area contributed by atoms with E-state index in [-0.39, 0.29) is 0 Å². The number of amides is 1. The third-order valence-electron chi connectivity index (χ3n) is 3.25. The molecule has 1 saturated carbocycles. The summed E-state index contributed by atoms with van der Waals surface area (Å²) in [5, 5.41) is 15.0. The van der Waals surface area contributed by atoms with Crippen LogP contribution in [0.4, 0.5) is 5.69 Å². The van der Waals surface area contributed by atoms with E-state index in [4.69, 9.17) is 0 Å². The Balaban J connectivity index is 1.64. The van der Waals surface area contributed by atoms with Crippen molar-refractivity contribution in [2.75, 3.05) is 5.32 Å². The molecular weight excluding hydrogens is 278 g/mol. The van der Waals surface area contributed by atoms with Gasteiger partial charge in [-0.05, 0) is 53.2 Å². The lowest BCUT2D eigenvalue weighted by molar-refractivity contribution is -0.112. The second kappa shape index (κ2) is 4.14. The predicted molar refractivity (Wildman–Crippen MR) is 69.6 cm³/mol. The Morgan fingerprint density at radius 2 is 2.15 bits per heavy atom. The summed E-state index contributed by atoms with van der Waals surface area (Å²) in [6, 6.07) is 5.63. The first-order valence-corrected chi connectivity index (χ1v) is 6.99. The second-order valence-electron chi connectivity index (χ2n) is 4.73. The molecule has 0 radical (unpaired) electrons. The summed E-state index contributed by atoms with van der Waals surface area (Å²) in [5.74, 6) is -1.07. The zero-order chi connectivity index (χ0) is 13.7. The first-order valence-electron chi connectivity index (χ1n) is 6.18. The Labute approximate surface area is 117 Å². The van der Waals surface area contributed by atoms with E-state index in [0.717, 1.165) is 22.9 Å². The van der Waals surface area contributed by atoms with Gasteiger partial charge >= 0.3 is 0 Å². The van der Waals surface area contributed by atoms with Gasteiger partial charge in [0.2, 0.25) is 5.16 Å². The smallest absolute Gasteiger partial charge is 0.296 e. The predicted octanol–water partition coefficient (Wildman–Crippen LogP) is 1.29. The van der Waals surface area contributed by atoms with Gasteiger partial charge in [-0.1, -0.05) is 0 Å². The van der Waals surface area contributed by atoms with E-state index in [2.05, 4.69) is 20.8 Å². The number of nitrogens with one attached hydrogen (secondary N) is 1. The van der Waals surface area contributed by atoms with Crippen molar-refractivity contribution in [1.82, 2.24) is 20.2 Å². The van der Waals surface area contributed by atoms with E-state index < -0.39 is 11.7 Å². The molecule has 1 fully saturated rings. The van der Waals surface area contributed by atoms with Crippen LogP contribution in [0.2, 0.25) is 0 Å². The fourth-order valence-electron chi connectivity index (χ4n) is 2.10. The molecule has 0 atom stereocenters. The van der Waals surface area contributed by atoms with Crippen molar-refractivity contribution in [3.05, 3.63) is 23.8 Å². The van der Waals surface area contributed by atoms with Crippen molar-refractivity contribution in [3.63, 3.8) is 0 Å². The number of fused-ring (bicyclic) bond motifs is 1. The van der Waals surface area contributed by atoms with E-state index in [1.807, 2.05) is 4.68 Å². The third kappa shape index (κ3) is 1.80. The number of hydrogen-bond acceptors (Lipinski definition) is 6. The largest absolute Gasteiger partial charge is 0.318 e. The molecule has 1 aromatic carbocycles. The molecule has 1 aliphatic heterocycles. The highest BCUT2D eigenvalue weighted by Crippen LogP contribution is 2.38. The van der Waals surface area contributed by atoms with Crippen molar-refractivity contribution in [2.24, 2.45) is 0 Å². The van der Waals surface area contributed by atoms with Crippen molar-refractivity contribution < 1.29 is 9.59 Å². The molecular formula is C12H9N5O2S. The van der Waals surface area contributed by atoms with Crippen LogP contribution in [0, 0.1) is 0 Å². The van der Waals surface area contributed by atoms with Crippen LogP contribution in [0.5, 0.6) is 0 Å². The van der Waals surface area contributed by atoms with Crippen LogP contribution in [-0.4, -0.2) is 31.9 Å². The third-order valence-corrected chi connectivity index (χ3v) is 4.20. The molecule has 0 unspecified atom stereocenters. The van der Waals surface area contributed by atoms with E-state index in [1.165, 1.54) is 11.8 Å². The average Bonchev–Trinajstić information content (AvgIpc) is 3.12. The van der Waals surface area contributed by atoms with Crippen LogP contribution < -0.4 is 5.32 Å². The number of aromatic nitrogens is 4. The maximum Gasteiger partial charge on any atom is 0.296 e. The summed E-state index contributed by atoms with van der Waals surface area (Å²) in [7, 11) is 0. The number of rotatable bonds is 3. The highest BCUT2D eigenvalue weighted by Gasteiger charge is 2.30. The zero-order valence-electron chi connectivity index (χ0n) is 10.2. The van der Waals surface area contributed by atoms with Crippen LogP contribution in [-0.2, 0) is 4.79 Å². The van der Waals surface area contributed by atoms with Gasteiger partial charge in [0.25, 0.3) is 11.7 Å². The number of hydrogen-bond donors (Lipinski definition) is 1. The van der Waals surface area contributed by atoms with Gasteiger partial charge < -0.3 is 5.32 Å². The van der Waals surface area contributed by atoms with Crippen LogP contribution in [0.15, 0.2) is 28.3 Å². The van der Waals surface area contributed by atoms with Gasteiger partial charge in [0.05, 0.1) is 17.3 Å². The summed E-state index contributed by atoms with van der Waals surface area (Å²) in [5.41, 5.74) is 0.969. The molecule has 1 amide bonds. The van der Waals surface area contributed by atoms with Crippen molar-refractivity contribution in [2.45, 2.75) is 28.9 Å². The normalized spacial score (nSPS) is 17.2. The lowest BCUT2D eigenvalue weighted by Gasteiger charge is -2.04. The fraction of sp³-hybridized carbons (Fsp3) is 0.250. The Hall–Kier alpha value is -2.22. The SMILES string of the molecule is O=C1Nc2cc(Sc3nnnn3C3CC3)ccc2C1=O. The molecule has 1 aromatic heterocycles. The van der Waals surface area contributed by atoms with Gasteiger partial charge in [0.15, 0.2) is 0 Å². The lowest BCUT2D eigenvalue weighted by atomic mass is 10.1. The fourth-order valence-corrected chi connectivity index (χ4v) is 2.98. The first kappa shape index (κ1) is 11.6. The topological polar surface area (TPSA) is 89.8 Å². The molecule has 8 heteroatoms. The number of ketones is 1. The van der Waals surface area contributed by atoms with Crippen LogP contribution in [0.3, 0.4) is 0 Å². The number of carbonyl (C=O) groups excluding carboxylic acids is 2. The number of anilines is 1. The van der Waals surface area contributed by atoms with E-state index in [9.17, 15) is 9.59 Å². The molecule has 1 N–H and O–H groups in total. The summed E-state index contributed by atoms with van der Waals surface area (Å²) in [4.78, 5) is 23.7. The van der Waals surface area contributed by atoms with Crippen LogP contribution in [0.25, 0.3) is 0 Å². The number of tetrazole rings is 1. The minimum absolute atomic E-state index is 0.406. The maximum atomic E-state index is 11.5. The zero-order valence-corrected chi connectivity index (χ0v) is 11.1. The molecule has 0 bridgehead atoms. The van der Waals surface area contributed by atoms with Crippen LogP contribution >= 0.6 is 11.8 Å². The van der Waals surface area contributed by atoms with Gasteiger partial charge in [0.1, 0.15) is 0 Å². The van der Waals surface area contributed by atoms with Crippen molar-refractivity contribution >= 4 is 29.1 Å². The molecule has 1 aliphatic carbocycles. The van der Waals surface area contributed by atoms with Gasteiger partial charge in [-0.2, -0.15) is 0 Å². The van der Waals surface area contributed by atoms with E-state index in [0.29, 0.717) is 17.3 Å². The van der Waals surface area contributed by atoms with Gasteiger partial charge in [-0.3, -0.25) is 9.59 Å². The highest BCUT2D eigenvalue weighted by molar-refractivity contribution is 7.99. The number of carbonyl (C=O) groups is 2. The summed E-state index contributed by atoms with van der Waals surface area (Å²) >= 11 is 1.42. The molecule has 100 valence electrons. The van der Waals surface area contributed by atoms with Gasteiger partial charge in [-0.25, -0.2) is 4.68 Å². The summed E-state index contributed by atoms with van der Waals surface area (Å²) < 4.78 is 1.82. The quantitative estimate of drug-likeness (QED) is 0.856. The standard InChI is InChI=1S/C12H9N5O2S/c18-10-8-4-3-7(5-9(8)13-11(10)19)20-12-14-15-16-17(12)6-1-2-6/h3-6H,1-2H2,(H,13,18,19). The number of nitrogens with zero attached hydrogens (tertiary/aromatic N) is 4. The second-order valence-corrected chi connectivity index (χ2v) is 5.77. The minimum atomic E-state index is -0.579. The summed E-state index contributed by atoms with van der Waals surface area (Å²) in [6.45, 7) is 0. The Bertz CT molecular complexity index is 737. The van der Waals surface area contributed by atoms with Gasteiger partial charge in [0, 0.05) is 4.90 Å². The lowest BCUT2D eigenvalue weighted by Crippen LogP contribution is -2.12.